The zero-order valence-electron chi connectivity index (χ0n) is 13.3. The molecule has 1 amide bonds. The van der Waals surface area contributed by atoms with Crippen molar-refractivity contribution in [2.75, 3.05) is 13.7 Å². The van der Waals surface area contributed by atoms with Crippen molar-refractivity contribution in [3.8, 4) is 5.88 Å². The van der Waals surface area contributed by atoms with E-state index in [-0.39, 0.29) is 11.3 Å². The lowest BCUT2D eigenvalue weighted by Crippen LogP contribution is -2.38. The Morgan fingerprint density at radius 3 is 2.81 bits per heavy atom. The summed E-state index contributed by atoms with van der Waals surface area (Å²) in [4.78, 5) is 19.2. The van der Waals surface area contributed by atoms with Gasteiger partial charge >= 0.3 is 0 Å². The molecule has 0 radical (unpaired) electrons. The second kappa shape index (κ2) is 4.72. The first kappa shape index (κ1) is 14.4. The number of aromatic nitrogens is 1. The van der Waals surface area contributed by atoms with Gasteiger partial charge in [0.25, 0.3) is 5.91 Å². The van der Waals surface area contributed by atoms with Gasteiger partial charge in [-0.15, -0.1) is 0 Å². The van der Waals surface area contributed by atoms with Crippen LogP contribution in [0.3, 0.4) is 0 Å². The van der Waals surface area contributed by atoms with Crippen molar-refractivity contribution in [2.45, 2.75) is 46.1 Å². The van der Waals surface area contributed by atoms with E-state index in [0.717, 1.165) is 19.4 Å². The summed E-state index contributed by atoms with van der Waals surface area (Å²) in [6, 6.07) is 5.72. The summed E-state index contributed by atoms with van der Waals surface area (Å²) in [6.45, 7) is 7.79. The maximum Gasteiger partial charge on any atom is 0.272 e. The predicted molar refractivity (Wildman–Crippen MR) is 81.4 cm³/mol. The predicted octanol–water partition coefficient (Wildman–Crippen LogP) is 3.13. The molecule has 2 heterocycles. The highest BCUT2D eigenvalue weighted by Gasteiger charge is 2.51. The Hall–Kier alpha value is -1.58. The third kappa shape index (κ3) is 2.63. The van der Waals surface area contributed by atoms with Crippen LogP contribution in [0.25, 0.3) is 0 Å². The van der Waals surface area contributed by atoms with Gasteiger partial charge < -0.3 is 9.64 Å². The van der Waals surface area contributed by atoms with Gasteiger partial charge in [0.15, 0.2) is 0 Å². The van der Waals surface area contributed by atoms with Gasteiger partial charge in [-0.25, -0.2) is 4.98 Å². The molecule has 1 aromatic heterocycles. The monoisotopic (exact) mass is 288 g/mol. The number of hydrogen-bond donors (Lipinski definition) is 0. The van der Waals surface area contributed by atoms with E-state index in [4.69, 9.17) is 4.74 Å². The fourth-order valence-electron chi connectivity index (χ4n) is 4.49. The summed E-state index contributed by atoms with van der Waals surface area (Å²) in [7, 11) is 1.57. The standard InChI is InChI=1S/C17H24N2O2/c1-16(2)8-12-9-17(3,10-16)11-19(12)15(20)13-6-5-7-14(18-13)21-4/h5-7,12H,8-11H2,1-4H3. The molecule has 1 saturated heterocycles. The number of fused-ring (bicyclic) bond motifs is 2. The van der Waals surface area contributed by atoms with Gasteiger partial charge in [0.2, 0.25) is 5.88 Å². The Bertz CT molecular complexity index is 570. The van der Waals surface area contributed by atoms with E-state index in [1.165, 1.54) is 6.42 Å². The van der Waals surface area contributed by atoms with E-state index < -0.39 is 0 Å². The number of carbonyl (C=O) groups is 1. The minimum Gasteiger partial charge on any atom is -0.481 e. The topological polar surface area (TPSA) is 42.4 Å². The zero-order valence-corrected chi connectivity index (χ0v) is 13.3. The molecule has 1 aliphatic heterocycles. The second-order valence-electron chi connectivity index (χ2n) is 7.71. The lowest BCUT2D eigenvalue weighted by molar-refractivity contribution is 0.0701. The normalized spacial score (nSPS) is 30.3. The number of carbonyl (C=O) groups excluding carboxylic acids is 1. The van der Waals surface area contributed by atoms with Crippen LogP contribution >= 0.6 is 0 Å². The first-order valence-corrected chi connectivity index (χ1v) is 7.64. The fraction of sp³-hybridized carbons (Fsp3) is 0.647. The number of pyridine rings is 1. The maximum absolute atomic E-state index is 12.8. The smallest absolute Gasteiger partial charge is 0.272 e. The van der Waals surface area contributed by atoms with E-state index in [9.17, 15) is 4.79 Å². The third-order valence-electron chi connectivity index (χ3n) is 4.83. The van der Waals surface area contributed by atoms with Crippen molar-refractivity contribution in [2.24, 2.45) is 10.8 Å². The molecule has 0 aromatic carbocycles. The van der Waals surface area contributed by atoms with Crippen LogP contribution in [0.1, 0.15) is 50.5 Å². The first-order chi connectivity index (χ1) is 9.82. The van der Waals surface area contributed by atoms with Crippen molar-refractivity contribution in [3.63, 3.8) is 0 Å². The summed E-state index contributed by atoms with van der Waals surface area (Å²) in [5.41, 5.74) is 1.05. The number of likely N-dealkylation sites (tertiary alicyclic amines) is 1. The molecule has 0 N–H and O–H groups in total. The molecule has 0 spiro atoms. The van der Waals surface area contributed by atoms with E-state index in [0.29, 0.717) is 23.0 Å². The SMILES string of the molecule is COc1cccc(C(=O)N2CC3(C)CC2CC(C)(C)C3)n1. The Morgan fingerprint density at radius 2 is 2.10 bits per heavy atom. The van der Waals surface area contributed by atoms with Crippen molar-refractivity contribution in [1.82, 2.24) is 9.88 Å². The zero-order chi connectivity index (χ0) is 15.3. The number of hydrogen-bond acceptors (Lipinski definition) is 3. The highest BCUT2D eigenvalue weighted by atomic mass is 16.5. The van der Waals surface area contributed by atoms with Gasteiger partial charge in [0, 0.05) is 18.7 Å². The van der Waals surface area contributed by atoms with Crippen molar-refractivity contribution >= 4 is 5.91 Å². The van der Waals surface area contributed by atoms with Gasteiger partial charge in [0.05, 0.1) is 7.11 Å². The number of rotatable bonds is 2. The molecule has 2 unspecified atom stereocenters. The highest BCUT2D eigenvalue weighted by Crippen LogP contribution is 2.52. The van der Waals surface area contributed by atoms with Crippen LogP contribution in [0.5, 0.6) is 5.88 Å². The van der Waals surface area contributed by atoms with E-state index in [2.05, 4.69) is 25.8 Å². The van der Waals surface area contributed by atoms with Gasteiger partial charge in [-0.3, -0.25) is 4.79 Å². The van der Waals surface area contributed by atoms with Crippen LogP contribution in [0.15, 0.2) is 18.2 Å². The molecule has 2 bridgehead atoms. The van der Waals surface area contributed by atoms with Crippen LogP contribution in [-0.4, -0.2) is 35.5 Å². The summed E-state index contributed by atoms with van der Waals surface area (Å²) in [5, 5.41) is 0. The van der Waals surface area contributed by atoms with Crippen LogP contribution in [-0.2, 0) is 0 Å². The molecule has 4 heteroatoms. The molecule has 3 rings (SSSR count). The van der Waals surface area contributed by atoms with Gasteiger partial charge in [0.1, 0.15) is 5.69 Å². The van der Waals surface area contributed by atoms with E-state index >= 15 is 0 Å². The Morgan fingerprint density at radius 1 is 1.33 bits per heavy atom. The van der Waals surface area contributed by atoms with Crippen molar-refractivity contribution < 1.29 is 9.53 Å². The van der Waals surface area contributed by atoms with Crippen LogP contribution in [0.2, 0.25) is 0 Å². The molecule has 1 aliphatic carbocycles. The van der Waals surface area contributed by atoms with Gasteiger partial charge in [-0.2, -0.15) is 0 Å². The summed E-state index contributed by atoms with van der Waals surface area (Å²) in [6.07, 6.45) is 3.39. The number of amides is 1. The number of nitrogens with zero attached hydrogens (tertiary/aromatic N) is 2. The lowest BCUT2D eigenvalue weighted by Gasteiger charge is -2.39. The Labute approximate surface area is 126 Å². The molecule has 2 atom stereocenters. The molecule has 114 valence electrons. The first-order valence-electron chi connectivity index (χ1n) is 7.64. The molecule has 4 nitrogen and oxygen atoms in total. The van der Waals surface area contributed by atoms with E-state index in [1.54, 1.807) is 19.2 Å². The molecule has 1 aromatic rings. The molecule has 21 heavy (non-hydrogen) atoms. The third-order valence-corrected chi connectivity index (χ3v) is 4.83. The van der Waals surface area contributed by atoms with Gasteiger partial charge in [-0.1, -0.05) is 26.8 Å². The van der Waals surface area contributed by atoms with Crippen molar-refractivity contribution in [3.05, 3.63) is 23.9 Å². The van der Waals surface area contributed by atoms with Crippen LogP contribution < -0.4 is 4.74 Å². The largest absolute Gasteiger partial charge is 0.481 e. The molecule has 2 fully saturated rings. The maximum atomic E-state index is 12.8. The summed E-state index contributed by atoms with van der Waals surface area (Å²) >= 11 is 0. The average Bonchev–Trinajstić information content (AvgIpc) is 2.67. The van der Waals surface area contributed by atoms with Gasteiger partial charge in [-0.05, 0) is 36.2 Å². The fourth-order valence-corrected chi connectivity index (χ4v) is 4.49. The number of methoxy groups -OCH3 is 1. The summed E-state index contributed by atoms with van der Waals surface area (Å²) < 4.78 is 5.13. The van der Waals surface area contributed by atoms with Crippen molar-refractivity contribution in [1.29, 1.82) is 0 Å². The molecular formula is C17H24N2O2. The summed E-state index contributed by atoms with van der Waals surface area (Å²) in [5.74, 6) is 0.537. The van der Waals surface area contributed by atoms with Crippen LogP contribution in [0, 0.1) is 10.8 Å². The minimum atomic E-state index is 0.0420. The van der Waals surface area contributed by atoms with E-state index in [1.807, 2.05) is 11.0 Å². The Kier molecular flexibility index (Phi) is 3.23. The highest BCUT2D eigenvalue weighted by molar-refractivity contribution is 5.93. The molecule has 2 aliphatic rings. The molecular weight excluding hydrogens is 264 g/mol. The average molecular weight is 288 g/mol. The Balaban J connectivity index is 1.86. The second-order valence-corrected chi connectivity index (χ2v) is 7.71. The lowest BCUT2D eigenvalue weighted by atomic mass is 9.65. The van der Waals surface area contributed by atoms with Crippen LogP contribution in [0.4, 0.5) is 0 Å². The molecule has 1 saturated carbocycles. The number of ether oxygens (including phenoxy) is 1. The quantitative estimate of drug-likeness (QED) is 0.839. The minimum absolute atomic E-state index is 0.0420.